The third kappa shape index (κ3) is 44.4. The fourth-order valence-corrected chi connectivity index (χ4v) is 9.11. The normalized spacial score (nSPS) is 12.7. The Morgan fingerprint density at radius 2 is 0.619 bits per heavy atom. The molecule has 0 aromatic carbocycles. The molecule has 0 aromatic rings. The predicted molar refractivity (Wildman–Crippen MR) is 273 cm³/mol. The summed E-state index contributed by atoms with van der Waals surface area (Å²) in [5.74, 6) is 1.000. The first kappa shape index (κ1) is 61.8. The number of carbonyl (C=O) groups is 2. The van der Waals surface area contributed by atoms with Gasteiger partial charge in [0.2, 0.25) is 0 Å². The molecule has 0 bridgehead atoms. The highest BCUT2D eigenvalue weighted by molar-refractivity contribution is 5.69. The van der Waals surface area contributed by atoms with Gasteiger partial charge in [-0.1, -0.05) is 208 Å². The largest absolute Gasteiger partial charge is 0.465 e. The van der Waals surface area contributed by atoms with E-state index in [-0.39, 0.29) is 18.5 Å². The molecule has 7 nitrogen and oxygen atoms in total. The van der Waals surface area contributed by atoms with E-state index in [9.17, 15) is 14.7 Å². The Bertz CT molecular complexity index is 933. The first-order valence-electron chi connectivity index (χ1n) is 28.3. The lowest BCUT2D eigenvalue weighted by atomic mass is 9.95. The molecule has 0 saturated heterocycles. The van der Waals surface area contributed by atoms with Crippen LogP contribution in [0.15, 0.2) is 0 Å². The number of aliphatic hydroxyl groups excluding tert-OH is 1. The minimum Gasteiger partial charge on any atom is -0.465 e. The first-order valence-corrected chi connectivity index (χ1v) is 28.3. The lowest BCUT2D eigenvalue weighted by molar-refractivity contribution is -0.146. The molecule has 0 spiro atoms. The van der Waals surface area contributed by atoms with E-state index < -0.39 is 0 Å². The summed E-state index contributed by atoms with van der Waals surface area (Å²) in [5.41, 5.74) is 0. The molecule has 0 saturated carbocycles. The van der Waals surface area contributed by atoms with Crippen LogP contribution >= 0.6 is 0 Å². The van der Waals surface area contributed by atoms with Gasteiger partial charge < -0.3 is 19.5 Å². The van der Waals surface area contributed by atoms with Gasteiger partial charge >= 0.3 is 11.9 Å². The van der Waals surface area contributed by atoms with Crippen molar-refractivity contribution in [1.82, 2.24) is 9.80 Å². The molecule has 0 fully saturated rings. The van der Waals surface area contributed by atoms with Gasteiger partial charge in [0.25, 0.3) is 0 Å². The molecule has 0 heterocycles. The Hall–Kier alpha value is -1.18. The van der Waals surface area contributed by atoms with Crippen LogP contribution in [0.25, 0.3) is 0 Å². The van der Waals surface area contributed by atoms with Crippen molar-refractivity contribution in [3.05, 3.63) is 0 Å². The number of rotatable bonds is 52. The van der Waals surface area contributed by atoms with E-state index >= 15 is 0 Å². The maximum Gasteiger partial charge on any atom is 0.305 e. The Morgan fingerprint density at radius 3 is 0.984 bits per heavy atom. The average molecular weight is 894 g/mol. The van der Waals surface area contributed by atoms with Crippen molar-refractivity contribution >= 4 is 11.9 Å². The quantitative estimate of drug-likeness (QED) is 0.0481. The number of esters is 2. The molecular weight excluding hydrogens is 781 g/mol. The van der Waals surface area contributed by atoms with Crippen molar-refractivity contribution in [2.24, 2.45) is 11.8 Å². The fraction of sp³-hybridized carbons (Fsp3) is 0.964. The van der Waals surface area contributed by atoms with Crippen LogP contribution in [-0.2, 0) is 19.1 Å². The molecule has 0 aliphatic heterocycles. The summed E-state index contributed by atoms with van der Waals surface area (Å²) in [5, 5.41) is 9.85. The van der Waals surface area contributed by atoms with Crippen LogP contribution in [0.3, 0.4) is 0 Å². The topological polar surface area (TPSA) is 79.3 Å². The van der Waals surface area contributed by atoms with Crippen LogP contribution in [0.2, 0.25) is 0 Å². The highest BCUT2D eigenvalue weighted by Crippen LogP contribution is 2.21. The van der Waals surface area contributed by atoms with E-state index in [0.717, 1.165) is 77.8 Å². The number of aliphatic hydroxyl groups is 1. The molecule has 0 aromatic heterocycles. The zero-order chi connectivity index (χ0) is 46.1. The summed E-state index contributed by atoms with van der Waals surface area (Å²) in [6.45, 7) is 18.6. The number of hydrogen-bond acceptors (Lipinski definition) is 7. The zero-order valence-corrected chi connectivity index (χ0v) is 43.4. The highest BCUT2D eigenvalue weighted by Gasteiger charge is 2.15. The minimum atomic E-state index is -0.0147. The standard InChI is InChI=1S/C56H112N2O5/c1-6-11-16-20-23-26-35-46-58(49-50-59)48-47-57(44-36-27-33-42-55(60)62-51-53(38-29-15-10-5)40-31-24-21-17-12-7-2)45-37-28-34-43-56(61)63-52-54(39-30-19-14-9-4)41-32-25-22-18-13-8-3/h53-54,59H,6-52H2,1-5H3. The van der Waals surface area contributed by atoms with Crippen molar-refractivity contribution in [3.8, 4) is 0 Å². The Morgan fingerprint density at radius 1 is 0.349 bits per heavy atom. The van der Waals surface area contributed by atoms with E-state index in [0.29, 0.717) is 37.9 Å². The lowest BCUT2D eigenvalue weighted by Crippen LogP contribution is -2.38. The molecule has 0 rings (SSSR count). The second-order valence-electron chi connectivity index (χ2n) is 19.7. The molecule has 2 unspecified atom stereocenters. The maximum atomic E-state index is 12.9. The van der Waals surface area contributed by atoms with Gasteiger partial charge in [-0.25, -0.2) is 0 Å². The SMILES string of the molecule is CCCCCCCCCN(CCO)CCN(CCCCCC(=O)OCC(CCCCC)CCCCCCCC)CCCCCC(=O)OCC(CCCCCC)CCCCCCCC. The molecule has 0 aliphatic carbocycles. The van der Waals surface area contributed by atoms with E-state index in [1.807, 2.05) is 0 Å². The van der Waals surface area contributed by atoms with Crippen molar-refractivity contribution < 1.29 is 24.2 Å². The summed E-state index contributed by atoms with van der Waals surface area (Å²) < 4.78 is 11.8. The van der Waals surface area contributed by atoms with Crippen LogP contribution in [-0.4, -0.2) is 85.9 Å². The molecule has 2 atom stereocenters. The second kappa shape index (κ2) is 50.2. The fourth-order valence-electron chi connectivity index (χ4n) is 9.11. The van der Waals surface area contributed by atoms with Crippen LogP contribution in [0.4, 0.5) is 0 Å². The van der Waals surface area contributed by atoms with E-state index in [2.05, 4.69) is 44.4 Å². The Labute approximate surface area is 394 Å². The van der Waals surface area contributed by atoms with E-state index in [1.54, 1.807) is 0 Å². The van der Waals surface area contributed by atoms with Crippen LogP contribution in [0.1, 0.15) is 279 Å². The number of nitrogens with zero attached hydrogens (tertiary/aromatic N) is 2. The molecule has 0 aliphatic rings. The summed E-state index contributed by atoms with van der Waals surface area (Å²) in [4.78, 5) is 30.7. The van der Waals surface area contributed by atoms with Crippen LogP contribution < -0.4 is 0 Å². The average Bonchev–Trinajstić information content (AvgIpc) is 3.28. The van der Waals surface area contributed by atoms with Gasteiger partial charge in [0.05, 0.1) is 19.8 Å². The third-order valence-electron chi connectivity index (χ3n) is 13.5. The van der Waals surface area contributed by atoms with Gasteiger partial charge in [-0.05, 0) is 89.3 Å². The second-order valence-corrected chi connectivity index (χ2v) is 19.7. The lowest BCUT2D eigenvalue weighted by Gasteiger charge is -2.27. The third-order valence-corrected chi connectivity index (χ3v) is 13.5. The smallest absolute Gasteiger partial charge is 0.305 e. The minimum absolute atomic E-state index is 0.0123. The van der Waals surface area contributed by atoms with Gasteiger partial charge in [0.1, 0.15) is 0 Å². The van der Waals surface area contributed by atoms with Crippen molar-refractivity contribution in [1.29, 1.82) is 0 Å². The van der Waals surface area contributed by atoms with Crippen molar-refractivity contribution in [2.75, 3.05) is 59.1 Å². The van der Waals surface area contributed by atoms with E-state index in [4.69, 9.17) is 9.47 Å². The predicted octanol–water partition coefficient (Wildman–Crippen LogP) is 15.8. The Kier molecular flexibility index (Phi) is 49.3. The zero-order valence-electron chi connectivity index (χ0n) is 43.4. The van der Waals surface area contributed by atoms with Crippen LogP contribution in [0, 0.1) is 11.8 Å². The van der Waals surface area contributed by atoms with Gasteiger partial charge in [0, 0.05) is 32.5 Å². The number of unbranched alkanes of at least 4 members (excludes halogenated alkanes) is 25. The monoisotopic (exact) mass is 893 g/mol. The molecule has 0 radical (unpaired) electrons. The van der Waals surface area contributed by atoms with Gasteiger partial charge in [-0.3, -0.25) is 14.5 Å². The van der Waals surface area contributed by atoms with E-state index in [1.165, 1.54) is 193 Å². The summed E-state index contributed by atoms with van der Waals surface area (Å²) in [6.07, 6.45) is 45.6. The van der Waals surface area contributed by atoms with Crippen molar-refractivity contribution in [3.63, 3.8) is 0 Å². The molecule has 7 heteroatoms. The molecule has 1 N–H and O–H groups in total. The number of hydrogen-bond donors (Lipinski definition) is 1. The molecule has 376 valence electrons. The van der Waals surface area contributed by atoms with Crippen LogP contribution in [0.5, 0.6) is 0 Å². The summed E-state index contributed by atoms with van der Waals surface area (Å²) in [6, 6.07) is 0. The summed E-state index contributed by atoms with van der Waals surface area (Å²) >= 11 is 0. The molecule has 0 amide bonds. The van der Waals surface area contributed by atoms with Crippen molar-refractivity contribution in [2.45, 2.75) is 279 Å². The summed E-state index contributed by atoms with van der Waals surface area (Å²) in [7, 11) is 0. The number of ether oxygens (including phenoxy) is 2. The molecule has 63 heavy (non-hydrogen) atoms. The molecular formula is C56H112N2O5. The van der Waals surface area contributed by atoms with Gasteiger partial charge in [-0.2, -0.15) is 0 Å². The van der Waals surface area contributed by atoms with Gasteiger partial charge in [-0.15, -0.1) is 0 Å². The maximum absolute atomic E-state index is 12.9. The Balaban J connectivity index is 4.94. The number of carbonyl (C=O) groups excluding carboxylic acids is 2. The highest BCUT2D eigenvalue weighted by atomic mass is 16.5. The first-order chi connectivity index (χ1) is 30.9. The van der Waals surface area contributed by atoms with Gasteiger partial charge in [0.15, 0.2) is 0 Å².